The Balaban J connectivity index is 0.00000192. The molecule has 1 amide bonds. The molecule has 4 N–H and O–H groups in total. The third-order valence-corrected chi connectivity index (χ3v) is 4.38. The van der Waals surface area contributed by atoms with Crippen LogP contribution in [0.4, 0.5) is 5.69 Å². The van der Waals surface area contributed by atoms with Crippen molar-refractivity contribution in [2.45, 2.75) is 39.2 Å². The number of nitrogens with one attached hydrogen (secondary N) is 2. The topological polar surface area (TPSA) is 96.7 Å². The summed E-state index contributed by atoms with van der Waals surface area (Å²) in [7, 11) is 0. The van der Waals surface area contributed by atoms with Gasteiger partial charge in [0.25, 0.3) is 0 Å². The Morgan fingerprint density at radius 1 is 1.30 bits per heavy atom. The van der Waals surface area contributed by atoms with Gasteiger partial charge in [-0.25, -0.2) is 4.98 Å². The van der Waals surface area contributed by atoms with Gasteiger partial charge in [-0.15, -0.1) is 12.4 Å². The van der Waals surface area contributed by atoms with E-state index in [0.717, 1.165) is 36.9 Å². The molecule has 0 spiro atoms. The number of aromatic nitrogens is 3. The maximum Gasteiger partial charge on any atom is 0.230 e. The minimum absolute atomic E-state index is 0. The maximum absolute atomic E-state index is 12.4. The van der Waals surface area contributed by atoms with Crippen molar-refractivity contribution >= 4 is 24.0 Å². The van der Waals surface area contributed by atoms with Crippen LogP contribution in [0, 0.1) is 5.41 Å². The molecule has 23 heavy (non-hydrogen) atoms. The van der Waals surface area contributed by atoms with Gasteiger partial charge < -0.3 is 11.1 Å². The van der Waals surface area contributed by atoms with Crippen molar-refractivity contribution in [1.82, 2.24) is 15.2 Å². The van der Waals surface area contributed by atoms with E-state index < -0.39 is 0 Å². The number of carbonyl (C=O) groups is 1. The highest BCUT2D eigenvalue weighted by atomic mass is 35.5. The SMILES string of the molecule is CC1(C(=O)Nc2ccc(-c3n[nH]c(CN)n3)cc2)CCCC1.Cl. The summed E-state index contributed by atoms with van der Waals surface area (Å²) in [6, 6.07) is 7.56. The van der Waals surface area contributed by atoms with Crippen LogP contribution in [0.5, 0.6) is 0 Å². The molecule has 1 fully saturated rings. The second-order valence-corrected chi connectivity index (χ2v) is 6.11. The number of hydrogen-bond acceptors (Lipinski definition) is 4. The Morgan fingerprint density at radius 2 is 1.96 bits per heavy atom. The summed E-state index contributed by atoms with van der Waals surface area (Å²) in [5, 5.41) is 9.92. The van der Waals surface area contributed by atoms with E-state index in [1.54, 1.807) is 0 Å². The number of benzene rings is 1. The van der Waals surface area contributed by atoms with Crippen molar-refractivity contribution in [2.24, 2.45) is 11.1 Å². The van der Waals surface area contributed by atoms with E-state index in [0.29, 0.717) is 18.2 Å². The summed E-state index contributed by atoms with van der Waals surface area (Å²) >= 11 is 0. The highest BCUT2D eigenvalue weighted by molar-refractivity contribution is 5.95. The third-order valence-electron chi connectivity index (χ3n) is 4.38. The maximum atomic E-state index is 12.4. The average Bonchev–Trinajstić information content (AvgIpc) is 3.17. The predicted octanol–water partition coefficient (Wildman–Crippen LogP) is 2.87. The summed E-state index contributed by atoms with van der Waals surface area (Å²) in [5.74, 6) is 1.38. The average molecular weight is 336 g/mol. The van der Waals surface area contributed by atoms with Gasteiger partial charge in [-0.05, 0) is 37.1 Å². The summed E-state index contributed by atoms with van der Waals surface area (Å²) in [4.78, 5) is 16.7. The molecule has 1 aromatic carbocycles. The fourth-order valence-electron chi connectivity index (χ4n) is 2.88. The summed E-state index contributed by atoms with van der Waals surface area (Å²) in [6.07, 6.45) is 4.21. The first-order chi connectivity index (χ1) is 10.6. The number of carbonyl (C=O) groups excluding carboxylic acids is 1. The molecule has 0 bridgehead atoms. The van der Waals surface area contributed by atoms with Crippen LogP contribution in [0.3, 0.4) is 0 Å². The molecule has 1 saturated carbocycles. The smallest absolute Gasteiger partial charge is 0.230 e. The van der Waals surface area contributed by atoms with Gasteiger partial charge >= 0.3 is 0 Å². The van der Waals surface area contributed by atoms with E-state index in [9.17, 15) is 4.79 Å². The molecule has 0 aliphatic heterocycles. The van der Waals surface area contributed by atoms with Crippen molar-refractivity contribution in [3.63, 3.8) is 0 Å². The first-order valence-corrected chi connectivity index (χ1v) is 7.64. The molecule has 1 aliphatic rings. The zero-order valence-electron chi connectivity index (χ0n) is 13.1. The van der Waals surface area contributed by atoms with Crippen LogP contribution in [0.25, 0.3) is 11.4 Å². The Kier molecular flexibility index (Phi) is 5.38. The zero-order chi connectivity index (χ0) is 15.6. The summed E-state index contributed by atoms with van der Waals surface area (Å²) in [5.41, 5.74) is 6.98. The van der Waals surface area contributed by atoms with Crippen molar-refractivity contribution in [3.05, 3.63) is 30.1 Å². The number of nitrogens with zero attached hydrogens (tertiary/aromatic N) is 2. The number of hydrogen-bond donors (Lipinski definition) is 3. The summed E-state index contributed by atoms with van der Waals surface area (Å²) in [6.45, 7) is 2.38. The molecule has 1 aliphatic carbocycles. The molecule has 6 nitrogen and oxygen atoms in total. The van der Waals surface area contributed by atoms with Gasteiger partial charge in [0.2, 0.25) is 5.91 Å². The molecular formula is C16H22ClN5O. The molecule has 0 unspecified atom stereocenters. The molecule has 2 aromatic rings. The highest BCUT2D eigenvalue weighted by Gasteiger charge is 2.36. The van der Waals surface area contributed by atoms with Crippen LogP contribution in [-0.4, -0.2) is 21.1 Å². The van der Waals surface area contributed by atoms with Gasteiger partial charge in [-0.3, -0.25) is 9.89 Å². The van der Waals surface area contributed by atoms with E-state index in [1.807, 2.05) is 31.2 Å². The van der Waals surface area contributed by atoms with Crippen molar-refractivity contribution in [2.75, 3.05) is 5.32 Å². The van der Waals surface area contributed by atoms with Crippen LogP contribution < -0.4 is 11.1 Å². The Bertz CT molecular complexity index is 661. The fraction of sp³-hybridized carbons (Fsp3) is 0.438. The highest BCUT2D eigenvalue weighted by Crippen LogP contribution is 2.38. The van der Waals surface area contributed by atoms with Crippen LogP contribution in [0.15, 0.2) is 24.3 Å². The van der Waals surface area contributed by atoms with E-state index in [4.69, 9.17) is 5.73 Å². The number of halogens is 1. The van der Waals surface area contributed by atoms with E-state index in [2.05, 4.69) is 20.5 Å². The molecule has 1 aromatic heterocycles. The molecule has 1 heterocycles. The largest absolute Gasteiger partial charge is 0.326 e. The quantitative estimate of drug-likeness (QED) is 0.800. The summed E-state index contributed by atoms with van der Waals surface area (Å²) < 4.78 is 0. The lowest BCUT2D eigenvalue weighted by molar-refractivity contribution is -0.124. The van der Waals surface area contributed by atoms with E-state index in [-0.39, 0.29) is 23.7 Å². The monoisotopic (exact) mass is 335 g/mol. The molecule has 7 heteroatoms. The van der Waals surface area contributed by atoms with Crippen molar-refractivity contribution in [3.8, 4) is 11.4 Å². The zero-order valence-corrected chi connectivity index (χ0v) is 13.9. The van der Waals surface area contributed by atoms with E-state index in [1.165, 1.54) is 0 Å². The van der Waals surface area contributed by atoms with Gasteiger partial charge in [-0.2, -0.15) is 5.10 Å². The van der Waals surface area contributed by atoms with Gasteiger partial charge in [0, 0.05) is 16.7 Å². The normalized spacial score (nSPS) is 15.9. The third kappa shape index (κ3) is 3.71. The first-order valence-electron chi connectivity index (χ1n) is 7.64. The van der Waals surface area contributed by atoms with E-state index >= 15 is 0 Å². The number of amides is 1. The lowest BCUT2D eigenvalue weighted by Gasteiger charge is -2.22. The van der Waals surface area contributed by atoms with Crippen LogP contribution in [-0.2, 0) is 11.3 Å². The standard InChI is InChI=1S/C16H21N5O.ClH/c1-16(8-2-3-9-16)15(22)18-12-6-4-11(5-7-12)14-19-13(10-17)20-21-14;/h4-7H,2-3,8-10,17H2,1H3,(H,18,22)(H,19,20,21);1H. The van der Waals surface area contributed by atoms with Crippen LogP contribution in [0.2, 0.25) is 0 Å². The molecule has 0 saturated heterocycles. The number of rotatable bonds is 4. The molecular weight excluding hydrogens is 314 g/mol. The number of aromatic amines is 1. The second-order valence-electron chi connectivity index (χ2n) is 6.11. The number of anilines is 1. The molecule has 124 valence electrons. The molecule has 0 atom stereocenters. The number of H-pyrrole nitrogens is 1. The van der Waals surface area contributed by atoms with Gasteiger partial charge in [0.15, 0.2) is 5.82 Å². The fourth-order valence-corrected chi connectivity index (χ4v) is 2.88. The predicted molar refractivity (Wildman–Crippen MR) is 92.2 cm³/mol. The lowest BCUT2D eigenvalue weighted by Crippen LogP contribution is -2.30. The van der Waals surface area contributed by atoms with Crippen LogP contribution in [0.1, 0.15) is 38.4 Å². The molecule has 0 radical (unpaired) electrons. The van der Waals surface area contributed by atoms with Gasteiger partial charge in [-0.1, -0.05) is 19.8 Å². The lowest BCUT2D eigenvalue weighted by atomic mass is 9.88. The Morgan fingerprint density at radius 3 is 2.52 bits per heavy atom. The van der Waals surface area contributed by atoms with Gasteiger partial charge in [0.1, 0.15) is 5.82 Å². The number of nitrogens with two attached hydrogens (primary N) is 1. The Hall–Kier alpha value is -1.92. The van der Waals surface area contributed by atoms with Crippen LogP contribution >= 0.6 is 12.4 Å². The van der Waals surface area contributed by atoms with Crippen molar-refractivity contribution < 1.29 is 4.79 Å². The minimum Gasteiger partial charge on any atom is -0.326 e. The van der Waals surface area contributed by atoms with Gasteiger partial charge in [0.05, 0.1) is 6.54 Å². The van der Waals surface area contributed by atoms with Crippen molar-refractivity contribution in [1.29, 1.82) is 0 Å². The molecule has 3 rings (SSSR count). The Labute approximate surface area is 141 Å². The second kappa shape index (κ2) is 7.10. The first kappa shape index (κ1) is 17.4. The minimum atomic E-state index is -0.224.